The Bertz CT molecular complexity index is 282. The van der Waals surface area contributed by atoms with E-state index in [0.717, 1.165) is 11.1 Å². The summed E-state index contributed by atoms with van der Waals surface area (Å²) < 4.78 is 0. The van der Waals surface area contributed by atoms with Crippen LogP contribution in [0, 0.1) is 0 Å². The number of aromatic nitrogens is 1. The van der Waals surface area contributed by atoms with E-state index in [1.807, 2.05) is 25.3 Å². The van der Waals surface area contributed by atoms with Crippen LogP contribution in [-0.4, -0.2) is 4.98 Å². The first-order valence-electron chi connectivity index (χ1n) is 3.47. The topological polar surface area (TPSA) is 41.8 Å². The van der Waals surface area contributed by atoms with Gasteiger partial charge in [0.15, 0.2) is 0 Å². The van der Waals surface area contributed by atoms with Crippen molar-refractivity contribution in [2.75, 3.05) is 5.73 Å². The third-order valence-electron chi connectivity index (χ3n) is 1.52. The van der Waals surface area contributed by atoms with E-state index in [2.05, 4.69) is 11.6 Å². The molecule has 0 aromatic carbocycles. The number of rotatable bonds is 2. The lowest BCUT2D eigenvalue weighted by Crippen LogP contribution is -1.85. The predicted octanol–water partition coefficient (Wildman–Crippen LogP) is 2.19. The zero-order valence-electron chi connectivity index (χ0n) is 6.59. The molecule has 0 saturated heterocycles. The minimum absolute atomic E-state index is 0.700. The molecule has 0 unspecified atom stereocenters. The van der Waals surface area contributed by atoms with Crippen molar-refractivity contribution in [3.63, 3.8) is 0 Å². The van der Waals surface area contributed by atoms with Gasteiger partial charge in [-0.05, 0) is 19.1 Å². The fourth-order valence-corrected chi connectivity index (χ4v) is 0.824. The number of hydrogen-bond donors (Lipinski definition) is 2. The van der Waals surface area contributed by atoms with E-state index in [0.29, 0.717) is 5.82 Å². The second-order valence-corrected chi connectivity index (χ2v) is 2.44. The summed E-state index contributed by atoms with van der Waals surface area (Å²) in [5.74, 6) is 0.700. The molecule has 1 aromatic rings. The maximum Gasteiger partial charge on any atom is 0.107 e. The van der Waals surface area contributed by atoms with Gasteiger partial charge in [-0.15, -0.1) is 0 Å². The number of hydrogen-bond acceptors (Lipinski definition) is 1. The molecule has 0 aliphatic carbocycles. The Balaban J connectivity index is 2.94. The van der Waals surface area contributed by atoms with Crippen molar-refractivity contribution in [3.8, 4) is 0 Å². The molecule has 11 heavy (non-hydrogen) atoms. The number of nitrogen functional groups attached to an aromatic ring is 1. The molecule has 3 N–H and O–H groups in total. The summed E-state index contributed by atoms with van der Waals surface area (Å²) in [7, 11) is 0. The van der Waals surface area contributed by atoms with Crippen LogP contribution in [0.15, 0.2) is 30.5 Å². The molecule has 0 aliphatic heterocycles. The fourth-order valence-electron chi connectivity index (χ4n) is 0.824. The molecule has 0 bridgehead atoms. The van der Waals surface area contributed by atoms with Crippen LogP contribution in [-0.2, 0) is 0 Å². The maximum atomic E-state index is 5.61. The van der Waals surface area contributed by atoms with Gasteiger partial charge in [0.1, 0.15) is 5.82 Å². The van der Waals surface area contributed by atoms with Crippen molar-refractivity contribution in [1.82, 2.24) is 4.98 Å². The molecule has 0 atom stereocenters. The highest BCUT2D eigenvalue weighted by Crippen LogP contribution is 2.12. The van der Waals surface area contributed by atoms with E-state index in [4.69, 9.17) is 5.73 Å². The van der Waals surface area contributed by atoms with E-state index in [1.54, 1.807) is 6.08 Å². The monoisotopic (exact) mass is 148 g/mol. The number of nitrogens with one attached hydrogen (secondary N) is 1. The van der Waals surface area contributed by atoms with Crippen molar-refractivity contribution in [3.05, 3.63) is 36.1 Å². The molecule has 0 saturated carbocycles. The summed E-state index contributed by atoms with van der Waals surface area (Å²) in [4.78, 5) is 2.90. The fraction of sp³-hybridized carbons (Fsp3) is 0.111. The van der Waals surface area contributed by atoms with Crippen LogP contribution in [0.1, 0.15) is 12.5 Å². The van der Waals surface area contributed by atoms with Gasteiger partial charge in [0.2, 0.25) is 0 Å². The minimum Gasteiger partial charge on any atom is -0.385 e. The van der Waals surface area contributed by atoms with E-state index < -0.39 is 0 Å². The first kappa shape index (κ1) is 7.66. The van der Waals surface area contributed by atoms with Crippen LogP contribution in [0.25, 0.3) is 6.08 Å². The molecule has 0 amide bonds. The Kier molecular flexibility index (Phi) is 2.16. The second kappa shape index (κ2) is 3.10. The average molecular weight is 148 g/mol. The number of anilines is 1. The van der Waals surface area contributed by atoms with Gasteiger partial charge in [-0.25, -0.2) is 0 Å². The summed E-state index contributed by atoms with van der Waals surface area (Å²) >= 11 is 0. The molecule has 1 aromatic heterocycles. The number of aromatic amines is 1. The van der Waals surface area contributed by atoms with Gasteiger partial charge >= 0.3 is 0 Å². The number of H-pyrrole nitrogens is 1. The van der Waals surface area contributed by atoms with Gasteiger partial charge in [0, 0.05) is 11.8 Å². The van der Waals surface area contributed by atoms with Crippen molar-refractivity contribution in [1.29, 1.82) is 0 Å². The Morgan fingerprint density at radius 1 is 1.73 bits per heavy atom. The highest BCUT2D eigenvalue weighted by Gasteiger charge is 1.93. The number of nitrogens with two attached hydrogens (primary N) is 1. The molecule has 1 rings (SSSR count). The summed E-state index contributed by atoms with van der Waals surface area (Å²) in [6.45, 7) is 5.64. The minimum atomic E-state index is 0.700. The molecule has 1 heterocycles. The van der Waals surface area contributed by atoms with Gasteiger partial charge in [-0.3, -0.25) is 0 Å². The third-order valence-corrected chi connectivity index (χ3v) is 1.52. The van der Waals surface area contributed by atoms with E-state index in [1.165, 1.54) is 0 Å². The van der Waals surface area contributed by atoms with Gasteiger partial charge in [0.25, 0.3) is 0 Å². The highest BCUT2D eigenvalue weighted by atomic mass is 14.8. The SMILES string of the molecule is C=C/C(C)=C\c1cc[nH]c1N. The molecule has 58 valence electrons. The molecular weight excluding hydrogens is 136 g/mol. The van der Waals surface area contributed by atoms with Gasteiger partial charge in [-0.2, -0.15) is 0 Å². The summed E-state index contributed by atoms with van der Waals surface area (Å²) in [6.07, 6.45) is 5.60. The highest BCUT2D eigenvalue weighted by molar-refractivity contribution is 5.64. The Hall–Kier alpha value is -1.44. The first-order valence-corrected chi connectivity index (χ1v) is 3.47. The van der Waals surface area contributed by atoms with Gasteiger partial charge < -0.3 is 10.7 Å². The van der Waals surface area contributed by atoms with Gasteiger partial charge in [-0.1, -0.05) is 18.2 Å². The summed E-state index contributed by atoms with van der Waals surface area (Å²) in [6, 6.07) is 1.93. The van der Waals surface area contributed by atoms with E-state index in [9.17, 15) is 0 Å². The first-order chi connectivity index (χ1) is 5.24. The lowest BCUT2D eigenvalue weighted by atomic mass is 10.2. The maximum absolute atomic E-state index is 5.61. The quantitative estimate of drug-likeness (QED) is 0.620. The van der Waals surface area contributed by atoms with Crippen molar-refractivity contribution in [2.24, 2.45) is 0 Å². The van der Waals surface area contributed by atoms with Crippen LogP contribution in [0.5, 0.6) is 0 Å². The summed E-state index contributed by atoms with van der Waals surface area (Å²) in [5, 5.41) is 0. The standard InChI is InChI=1S/C9H12N2/c1-3-7(2)6-8-4-5-11-9(8)10/h3-6,11H,1,10H2,2H3/b7-6-. The van der Waals surface area contributed by atoms with Crippen LogP contribution in [0.4, 0.5) is 5.82 Å². The van der Waals surface area contributed by atoms with Crippen molar-refractivity contribution < 1.29 is 0 Å². The Morgan fingerprint density at radius 2 is 2.45 bits per heavy atom. The largest absolute Gasteiger partial charge is 0.385 e. The van der Waals surface area contributed by atoms with Crippen molar-refractivity contribution >= 4 is 11.9 Å². The predicted molar refractivity (Wildman–Crippen MR) is 49.1 cm³/mol. The van der Waals surface area contributed by atoms with Crippen LogP contribution in [0.3, 0.4) is 0 Å². The van der Waals surface area contributed by atoms with E-state index >= 15 is 0 Å². The molecule has 0 radical (unpaired) electrons. The van der Waals surface area contributed by atoms with E-state index in [-0.39, 0.29) is 0 Å². The van der Waals surface area contributed by atoms with Crippen LogP contribution < -0.4 is 5.73 Å². The number of allylic oxidation sites excluding steroid dienone is 2. The molecule has 2 nitrogen and oxygen atoms in total. The normalized spacial score (nSPS) is 11.5. The smallest absolute Gasteiger partial charge is 0.107 e. The summed E-state index contributed by atoms with van der Waals surface area (Å²) in [5.41, 5.74) is 7.73. The molecule has 0 aliphatic rings. The van der Waals surface area contributed by atoms with Gasteiger partial charge in [0.05, 0.1) is 0 Å². The zero-order chi connectivity index (χ0) is 8.27. The molecule has 2 heteroatoms. The average Bonchev–Trinajstić information content (AvgIpc) is 2.37. The van der Waals surface area contributed by atoms with Crippen molar-refractivity contribution in [2.45, 2.75) is 6.92 Å². The lowest BCUT2D eigenvalue weighted by molar-refractivity contribution is 1.41. The van der Waals surface area contributed by atoms with Crippen LogP contribution >= 0.6 is 0 Å². The Labute approximate surface area is 66.4 Å². The molecule has 0 spiro atoms. The van der Waals surface area contributed by atoms with Crippen LogP contribution in [0.2, 0.25) is 0 Å². The molecular formula is C9H12N2. The lowest BCUT2D eigenvalue weighted by Gasteiger charge is -1.91. The Morgan fingerprint density at radius 3 is 2.91 bits per heavy atom. The molecule has 0 fully saturated rings. The third kappa shape index (κ3) is 1.74. The zero-order valence-corrected chi connectivity index (χ0v) is 6.59. The second-order valence-electron chi connectivity index (χ2n) is 2.44.